The van der Waals surface area contributed by atoms with E-state index in [1.807, 2.05) is 6.08 Å². The van der Waals surface area contributed by atoms with Crippen molar-refractivity contribution in [3.05, 3.63) is 59.7 Å². The molecule has 0 spiro atoms. The predicted molar refractivity (Wildman–Crippen MR) is 110 cm³/mol. The summed E-state index contributed by atoms with van der Waals surface area (Å²) in [6, 6.07) is 6.44. The van der Waals surface area contributed by atoms with Gasteiger partial charge in [-0.05, 0) is 106 Å². The zero-order valence-electron chi connectivity index (χ0n) is 16.6. The minimum Gasteiger partial charge on any atom is -0.204 e. The number of allylic oxidation sites excluding steroid dienone is 4. The topological polar surface area (TPSA) is 23.8 Å². The molecule has 1 aromatic rings. The van der Waals surface area contributed by atoms with Gasteiger partial charge in [-0.25, -0.2) is 8.78 Å². The van der Waals surface area contributed by atoms with E-state index in [-0.39, 0.29) is 0 Å². The number of nitriles is 1. The van der Waals surface area contributed by atoms with Crippen LogP contribution in [0.15, 0.2) is 42.5 Å². The van der Waals surface area contributed by atoms with Crippen LogP contribution in [0.1, 0.15) is 75.7 Å². The highest BCUT2D eigenvalue weighted by molar-refractivity contribution is 5.22. The molecule has 3 rings (SSSR count). The Labute approximate surface area is 168 Å². The Balaban J connectivity index is 1.38. The van der Waals surface area contributed by atoms with Crippen LogP contribution in [0.4, 0.5) is 8.78 Å². The highest BCUT2D eigenvalue weighted by atomic mass is 19.2. The van der Waals surface area contributed by atoms with Crippen LogP contribution >= 0.6 is 0 Å². The zero-order chi connectivity index (χ0) is 19.8. The van der Waals surface area contributed by atoms with E-state index in [4.69, 9.17) is 5.26 Å². The maximum Gasteiger partial charge on any atom is 0.159 e. The van der Waals surface area contributed by atoms with Crippen molar-refractivity contribution in [1.29, 1.82) is 5.26 Å². The Morgan fingerprint density at radius 3 is 2.14 bits per heavy atom. The second-order valence-electron chi connectivity index (χ2n) is 8.56. The molecule has 0 saturated heterocycles. The maximum atomic E-state index is 13.5. The van der Waals surface area contributed by atoms with Crippen LogP contribution in [0, 0.1) is 40.7 Å². The zero-order valence-corrected chi connectivity index (χ0v) is 16.6. The third kappa shape index (κ3) is 6.03. The van der Waals surface area contributed by atoms with E-state index in [0.29, 0.717) is 11.8 Å². The molecule has 28 heavy (non-hydrogen) atoms. The summed E-state index contributed by atoms with van der Waals surface area (Å²) in [6.07, 6.45) is 20.3. The lowest BCUT2D eigenvalue weighted by Gasteiger charge is -2.29. The molecule has 1 aromatic carbocycles. The Kier molecular flexibility index (Phi) is 7.83. The normalized spacial score (nSPS) is 28.6. The molecule has 1 nitrogen and oxygen atoms in total. The molecular weight excluding hydrogens is 352 g/mol. The van der Waals surface area contributed by atoms with Crippen LogP contribution in [0.2, 0.25) is 0 Å². The van der Waals surface area contributed by atoms with Crippen LogP contribution in [0.3, 0.4) is 0 Å². The molecule has 0 N–H and O–H groups in total. The van der Waals surface area contributed by atoms with Gasteiger partial charge in [0.05, 0.1) is 6.07 Å². The van der Waals surface area contributed by atoms with Crippen molar-refractivity contribution in [2.45, 2.75) is 70.1 Å². The quantitative estimate of drug-likeness (QED) is 0.369. The molecule has 3 heteroatoms. The Morgan fingerprint density at radius 1 is 0.893 bits per heavy atom. The van der Waals surface area contributed by atoms with Crippen LogP contribution < -0.4 is 0 Å². The van der Waals surface area contributed by atoms with Crippen molar-refractivity contribution in [3.63, 3.8) is 0 Å². The van der Waals surface area contributed by atoms with Crippen molar-refractivity contribution < 1.29 is 8.78 Å². The summed E-state index contributed by atoms with van der Waals surface area (Å²) >= 11 is 0. The summed E-state index contributed by atoms with van der Waals surface area (Å²) < 4.78 is 26.6. The first-order valence-electron chi connectivity index (χ1n) is 10.8. The third-order valence-electron chi connectivity index (χ3n) is 6.67. The lowest BCUT2D eigenvalue weighted by molar-refractivity contribution is 0.295. The van der Waals surface area contributed by atoms with Gasteiger partial charge < -0.3 is 0 Å². The molecule has 2 aliphatic rings. The van der Waals surface area contributed by atoms with Gasteiger partial charge in [0.15, 0.2) is 11.6 Å². The SMILES string of the molecule is N#CC=CCC[C@H]1CC[C@H](C=C[C@H]2CC[C@H](c3ccc(F)c(F)c3)CC2)CC1. The fourth-order valence-electron chi connectivity index (χ4n) is 4.86. The lowest BCUT2D eigenvalue weighted by atomic mass is 9.77. The molecule has 0 heterocycles. The molecule has 0 radical (unpaired) electrons. The van der Waals surface area contributed by atoms with Gasteiger partial charge in [0.25, 0.3) is 0 Å². The van der Waals surface area contributed by atoms with Gasteiger partial charge in [-0.1, -0.05) is 24.3 Å². The van der Waals surface area contributed by atoms with Gasteiger partial charge in [-0.2, -0.15) is 5.26 Å². The van der Waals surface area contributed by atoms with Crippen molar-refractivity contribution in [2.75, 3.05) is 0 Å². The summed E-state index contributed by atoms with van der Waals surface area (Å²) in [6.45, 7) is 0. The Hall–Kier alpha value is -1.95. The highest BCUT2D eigenvalue weighted by Gasteiger charge is 2.23. The second kappa shape index (κ2) is 10.6. The molecule has 150 valence electrons. The lowest BCUT2D eigenvalue weighted by Crippen LogP contribution is -2.14. The Morgan fingerprint density at radius 2 is 1.54 bits per heavy atom. The molecule has 0 amide bonds. The molecular formula is C25H31F2N. The number of hydrogen-bond acceptors (Lipinski definition) is 1. The fourth-order valence-corrected chi connectivity index (χ4v) is 4.86. The minimum absolute atomic E-state index is 0.366. The van der Waals surface area contributed by atoms with E-state index >= 15 is 0 Å². The second-order valence-corrected chi connectivity index (χ2v) is 8.56. The van der Waals surface area contributed by atoms with Crippen LogP contribution in [-0.2, 0) is 0 Å². The largest absolute Gasteiger partial charge is 0.204 e. The van der Waals surface area contributed by atoms with Gasteiger partial charge in [0.1, 0.15) is 0 Å². The molecule has 2 fully saturated rings. The number of halogens is 2. The summed E-state index contributed by atoms with van der Waals surface area (Å²) in [5.74, 6) is 1.06. The predicted octanol–water partition coefficient (Wildman–Crippen LogP) is 7.46. The van der Waals surface area contributed by atoms with E-state index in [1.165, 1.54) is 44.2 Å². The van der Waals surface area contributed by atoms with Crippen molar-refractivity contribution >= 4 is 0 Å². The summed E-state index contributed by atoms with van der Waals surface area (Å²) in [5.41, 5.74) is 0.948. The van der Waals surface area contributed by atoms with E-state index < -0.39 is 11.6 Å². The molecule has 0 aliphatic heterocycles. The van der Waals surface area contributed by atoms with Gasteiger partial charge in [-0.15, -0.1) is 0 Å². The summed E-state index contributed by atoms with van der Waals surface area (Å²) in [7, 11) is 0. The van der Waals surface area contributed by atoms with Gasteiger partial charge >= 0.3 is 0 Å². The average Bonchev–Trinajstić information content (AvgIpc) is 2.73. The van der Waals surface area contributed by atoms with Gasteiger partial charge in [0, 0.05) is 6.08 Å². The van der Waals surface area contributed by atoms with Gasteiger partial charge in [0.2, 0.25) is 0 Å². The first kappa shape index (κ1) is 20.8. The smallest absolute Gasteiger partial charge is 0.159 e. The summed E-state index contributed by atoms with van der Waals surface area (Å²) in [4.78, 5) is 0. The van der Waals surface area contributed by atoms with Crippen molar-refractivity contribution in [2.24, 2.45) is 17.8 Å². The number of nitrogens with zero attached hydrogens (tertiary/aromatic N) is 1. The van der Waals surface area contributed by atoms with Crippen LogP contribution in [0.5, 0.6) is 0 Å². The van der Waals surface area contributed by atoms with E-state index in [1.54, 1.807) is 12.1 Å². The fraction of sp³-hybridized carbons (Fsp3) is 0.560. The minimum atomic E-state index is -0.756. The molecule has 2 saturated carbocycles. The van der Waals surface area contributed by atoms with Crippen molar-refractivity contribution in [3.8, 4) is 6.07 Å². The number of benzene rings is 1. The molecule has 0 bridgehead atoms. The molecule has 0 aromatic heterocycles. The average molecular weight is 384 g/mol. The van der Waals surface area contributed by atoms with E-state index in [9.17, 15) is 8.78 Å². The van der Waals surface area contributed by atoms with E-state index in [2.05, 4.69) is 18.2 Å². The van der Waals surface area contributed by atoms with Crippen LogP contribution in [-0.4, -0.2) is 0 Å². The summed E-state index contributed by atoms with van der Waals surface area (Å²) in [5, 5.41) is 8.52. The molecule has 2 aliphatic carbocycles. The van der Waals surface area contributed by atoms with Crippen molar-refractivity contribution in [1.82, 2.24) is 0 Å². The monoisotopic (exact) mass is 383 g/mol. The number of rotatable bonds is 6. The molecule has 0 atom stereocenters. The van der Waals surface area contributed by atoms with Gasteiger partial charge in [-0.3, -0.25) is 0 Å². The third-order valence-corrected chi connectivity index (χ3v) is 6.67. The Bertz CT molecular complexity index is 715. The number of hydrogen-bond donors (Lipinski definition) is 0. The first-order valence-corrected chi connectivity index (χ1v) is 10.8. The first-order chi connectivity index (χ1) is 13.7. The maximum absolute atomic E-state index is 13.5. The van der Waals surface area contributed by atoms with Crippen LogP contribution in [0.25, 0.3) is 0 Å². The molecule has 0 unspecified atom stereocenters. The standard InChI is InChI=1S/C25H31F2N/c26-24-16-15-23(18-25(24)27)22-13-11-21(12-14-22)10-9-20-7-5-19(6-8-20)4-2-1-3-17-28/h1,3,9-10,15-16,18-22H,2,4-8,11-14H2/t19-,20-,21-,22-. The van der Waals surface area contributed by atoms with E-state index in [0.717, 1.165) is 49.5 Å². The highest BCUT2D eigenvalue weighted by Crippen LogP contribution is 2.38.